The Morgan fingerprint density at radius 1 is 0.973 bits per heavy atom. The number of nitrogens with zero attached hydrogens (tertiary/aromatic N) is 2. The second-order valence-corrected chi connectivity index (χ2v) is 11.6. The average Bonchev–Trinajstić information content (AvgIpc) is 2.89. The van der Waals surface area contributed by atoms with Gasteiger partial charge in [-0.15, -0.1) is 0 Å². The van der Waals surface area contributed by atoms with Gasteiger partial charge in [0.05, 0.1) is 21.8 Å². The summed E-state index contributed by atoms with van der Waals surface area (Å²) >= 11 is 6.27. The minimum absolute atomic E-state index is 0.0380. The van der Waals surface area contributed by atoms with Crippen molar-refractivity contribution in [2.75, 3.05) is 13.1 Å². The van der Waals surface area contributed by atoms with Crippen molar-refractivity contribution in [2.45, 2.75) is 29.1 Å². The maximum absolute atomic E-state index is 13.7. The minimum Gasteiger partial charge on any atom is -0.385 e. The third-order valence-electron chi connectivity index (χ3n) is 6.79. The van der Waals surface area contributed by atoms with E-state index < -0.39 is 21.4 Å². The first-order valence-electron chi connectivity index (χ1n) is 11.8. The van der Waals surface area contributed by atoms with Crippen molar-refractivity contribution in [2.24, 2.45) is 0 Å². The van der Waals surface area contributed by atoms with Gasteiger partial charge >= 0.3 is 0 Å². The number of fused-ring (bicyclic) bond motifs is 1. The SMILES string of the molecule is O=C(c1ccc(CS(=O)(=O)c2cccc3ccc(F)nc23)cc1)N1CCC(O)(c2ccccc2Cl)CC1. The lowest BCUT2D eigenvalue weighted by atomic mass is 9.84. The molecule has 9 heteroatoms. The summed E-state index contributed by atoms with van der Waals surface area (Å²) in [5.41, 5.74) is 0.594. The lowest BCUT2D eigenvalue weighted by molar-refractivity contribution is -0.0210. The smallest absolute Gasteiger partial charge is 0.253 e. The Kier molecular flexibility index (Phi) is 6.74. The van der Waals surface area contributed by atoms with E-state index in [1.165, 1.54) is 18.2 Å². The molecule has 5 rings (SSSR count). The van der Waals surface area contributed by atoms with E-state index in [2.05, 4.69) is 4.98 Å². The number of benzene rings is 3. The summed E-state index contributed by atoms with van der Waals surface area (Å²) in [6, 6.07) is 21.0. The Balaban J connectivity index is 1.28. The van der Waals surface area contributed by atoms with E-state index in [4.69, 9.17) is 11.6 Å². The number of aromatic nitrogens is 1. The average molecular weight is 539 g/mol. The van der Waals surface area contributed by atoms with Crippen LogP contribution in [0.25, 0.3) is 10.9 Å². The number of pyridine rings is 1. The van der Waals surface area contributed by atoms with E-state index in [1.54, 1.807) is 53.4 Å². The number of amides is 1. The van der Waals surface area contributed by atoms with E-state index in [0.29, 0.717) is 53.0 Å². The van der Waals surface area contributed by atoms with Crippen molar-refractivity contribution in [3.63, 3.8) is 0 Å². The van der Waals surface area contributed by atoms with E-state index in [-0.39, 0.29) is 22.1 Å². The molecule has 1 amide bonds. The van der Waals surface area contributed by atoms with Gasteiger partial charge in [-0.2, -0.15) is 4.39 Å². The number of piperidine rings is 1. The standard InChI is InChI=1S/C28H24ClFN2O4S/c29-23-6-2-1-5-22(23)28(34)14-16-32(17-15-28)27(33)21-10-8-19(9-11-21)18-37(35,36)24-7-3-4-20-12-13-25(30)31-26(20)24/h1-13,34H,14-18H2. The number of carbonyl (C=O) groups is 1. The predicted molar refractivity (Wildman–Crippen MR) is 140 cm³/mol. The zero-order valence-electron chi connectivity index (χ0n) is 19.8. The van der Waals surface area contributed by atoms with Gasteiger partial charge in [0.1, 0.15) is 0 Å². The van der Waals surface area contributed by atoms with E-state index >= 15 is 0 Å². The second-order valence-electron chi connectivity index (χ2n) is 9.22. The number of sulfone groups is 1. The van der Waals surface area contributed by atoms with E-state index in [0.717, 1.165) is 0 Å². The molecular formula is C28H24ClFN2O4S. The van der Waals surface area contributed by atoms with E-state index in [9.17, 15) is 22.7 Å². The Morgan fingerprint density at radius 3 is 2.38 bits per heavy atom. The fraction of sp³-hybridized carbons (Fsp3) is 0.214. The molecule has 1 saturated heterocycles. The van der Waals surface area contributed by atoms with Crippen molar-refractivity contribution >= 4 is 38.2 Å². The zero-order chi connectivity index (χ0) is 26.2. The van der Waals surface area contributed by atoms with Crippen molar-refractivity contribution in [3.05, 3.63) is 107 Å². The molecule has 2 heterocycles. The molecule has 4 aromatic rings. The fourth-order valence-corrected chi connectivity index (χ4v) is 6.60. The van der Waals surface area contributed by atoms with Crippen LogP contribution in [0.1, 0.15) is 34.3 Å². The second kappa shape index (κ2) is 9.85. The Labute approximate surface area is 219 Å². The molecule has 0 bridgehead atoms. The van der Waals surface area contributed by atoms with Crippen LogP contribution in [0.15, 0.2) is 83.8 Å². The molecule has 1 aliphatic heterocycles. The molecule has 3 aromatic carbocycles. The molecule has 0 atom stereocenters. The van der Waals surface area contributed by atoms with Gasteiger partial charge in [-0.1, -0.05) is 54.1 Å². The summed E-state index contributed by atoms with van der Waals surface area (Å²) in [4.78, 5) is 18.5. The van der Waals surface area contributed by atoms with Gasteiger partial charge in [0.25, 0.3) is 5.91 Å². The van der Waals surface area contributed by atoms with Crippen LogP contribution in [0, 0.1) is 5.95 Å². The maximum atomic E-state index is 13.7. The number of carbonyl (C=O) groups excluding carboxylic acids is 1. The van der Waals surface area contributed by atoms with Crippen molar-refractivity contribution in [1.29, 1.82) is 0 Å². The summed E-state index contributed by atoms with van der Waals surface area (Å²) in [6.45, 7) is 0.725. The van der Waals surface area contributed by atoms with Gasteiger partial charge in [-0.3, -0.25) is 4.79 Å². The topological polar surface area (TPSA) is 87.6 Å². The molecule has 0 spiro atoms. The van der Waals surface area contributed by atoms with Crippen LogP contribution in [0.4, 0.5) is 4.39 Å². The van der Waals surface area contributed by atoms with Crippen LogP contribution in [0.2, 0.25) is 5.02 Å². The number of rotatable bonds is 5. The highest BCUT2D eigenvalue weighted by Crippen LogP contribution is 2.37. The van der Waals surface area contributed by atoms with Crippen LogP contribution >= 0.6 is 11.6 Å². The lowest BCUT2D eigenvalue weighted by Gasteiger charge is -2.39. The number of hydrogen-bond donors (Lipinski definition) is 1. The molecule has 1 N–H and O–H groups in total. The van der Waals surface area contributed by atoms with Gasteiger partial charge in [0, 0.05) is 34.6 Å². The minimum atomic E-state index is -3.82. The van der Waals surface area contributed by atoms with Crippen LogP contribution in [0.3, 0.4) is 0 Å². The van der Waals surface area contributed by atoms with Crippen LogP contribution in [0.5, 0.6) is 0 Å². The maximum Gasteiger partial charge on any atom is 0.253 e. The molecule has 6 nitrogen and oxygen atoms in total. The van der Waals surface area contributed by atoms with Gasteiger partial charge in [0.15, 0.2) is 9.84 Å². The highest BCUT2D eigenvalue weighted by molar-refractivity contribution is 7.90. The number of aliphatic hydroxyl groups is 1. The van der Waals surface area contributed by atoms with Gasteiger partial charge in [0.2, 0.25) is 5.95 Å². The van der Waals surface area contributed by atoms with E-state index in [1.807, 2.05) is 12.1 Å². The quantitative estimate of drug-likeness (QED) is 0.356. The van der Waals surface area contributed by atoms with Crippen LogP contribution in [-0.4, -0.2) is 42.4 Å². The molecule has 1 aliphatic rings. The third-order valence-corrected chi connectivity index (χ3v) is 8.84. The van der Waals surface area contributed by atoms with Gasteiger partial charge in [-0.05, 0) is 54.8 Å². The first-order chi connectivity index (χ1) is 17.7. The molecule has 37 heavy (non-hydrogen) atoms. The summed E-state index contributed by atoms with van der Waals surface area (Å²) in [5, 5.41) is 12.1. The first-order valence-corrected chi connectivity index (χ1v) is 13.8. The number of para-hydroxylation sites is 1. The Bertz CT molecular complexity index is 1580. The molecule has 190 valence electrons. The molecule has 0 aliphatic carbocycles. The lowest BCUT2D eigenvalue weighted by Crippen LogP contribution is -2.45. The molecular weight excluding hydrogens is 515 g/mol. The third kappa shape index (κ3) is 5.09. The van der Waals surface area contributed by atoms with Crippen molar-refractivity contribution in [3.8, 4) is 0 Å². The van der Waals surface area contributed by atoms with Crippen LogP contribution < -0.4 is 0 Å². The molecule has 0 unspecified atom stereocenters. The molecule has 1 aromatic heterocycles. The summed E-state index contributed by atoms with van der Waals surface area (Å²) < 4.78 is 39.9. The normalized spacial score (nSPS) is 15.6. The highest BCUT2D eigenvalue weighted by atomic mass is 35.5. The number of hydrogen-bond acceptors (Lipinski definition) is 5. The molecule has 1 fully saturated rings. The van der Waals surface area contributed by atoms with Crippen LogP contribution in [-0.2, 0) is 21.2 Å². The predicted octanol–water partition coefficient (Wildman–Crippen LogP) is 5.13. The summed E-state index contributed by atoms with van der Waals surface area (Å²) in [5.74, 6) is -1.25. The van der Waals surface area contributed by atoms with Gasteiger partial charge < -0.3 is 10.0 Å². The zero-order valence-corrected chi connectivity index (χ0v) is 21.3. The molecule has 0 saturated carbocycles. The highest BCUT2D eigenvalue weighted by Gasteiger charge is 2.37. The summed E-state index contributed by atoms with van der Waals surface area (Å²) in [7, 11) is -3.82. The largest absolute Gasteiger partial charge is 0.385 e. The number of halogens is 2. The molecule has 0 radical (unpaired) electrons. The Morgan fingerprint density at radius 2 is 1.68 bits per heavy atom. The Hall–Kier alpha value is -3.33. The first kappa shape index (κ1) is 25.3. The van der Waals surface area contributed by atoms with Gasteiger partial charge in [-0.25, -0.2) is 13.4 Å². The fourth-order valence-electron chi connectivity index (χ4n) is 4.76. The number of likely N-dealkylation sites (tertiary alicyclic amines) is 1. The monoisotopic (exact) mass is 538 g/mol. The van der Waals surface area contributed by atoms with Crippen molar-refractivity contribution in [1.82, 2.24) is 9.88 Å². The summed E-state index contributed by atoms with van der Waals surface area (Å²) in [6.07, 6.45) is 0.719. The van der Waals surface area contributed by atoms with Crippen molar-refractivity contribution < 1.29 is 22.7 Å².